The number of benzene rings is 2. The molecular weight excluding hydrogens is 342 g/mol. The van der Waals surface area contributed by atoms with Gasteiger partial charge in [0.15, 0.2) is 0 Å². The van der Waals surface area contributed by atoms with E-state index in [1.807, 2.05) is 6.92 Å². The molecule has 0 saturated carbocycles. The van der Waals surface area contributed by atoms with Crippen LogP contribution in [0, 0.1) is 6.92 Å². The quantitative estimate of drug-likeness (QED) is 0.876. The second kappa shape index (κ2) is 6.29. The number of ether oxygens (including phenoxy) is 1. The van der Waals surface area contributed by atoms with Crippen molar-refractivity contribution >= 4 is 27.4 Å². The van der Waals surface area contributed by atoms with Crippen LogP contribution in [0.1, 0.15) is 11.1 Å². The number of urea groups is 1. The van der Waals surface area contributed by atoms with Gasteiger partial charge in [0, 0.05) is 25.0 Å². The van der Waals surface area contributed by atoms with Gasteiger partial charge >= 0.3 is 6.03 Å². The molecule has 1 heterocycles. The van der Waals surface area contributed by atoms with Crippen molar-refractivity contribution in [3.8, 4) is 5.75 Å². The van der Waals surface area contributed by atoms with Crippen LogP contribution in [0.3, 0.4) is 0 Å². The number of sulfonamides is 1. The molecule has 1 aliphatic rings. The number of amides is 2. The van der Waals surface area contributed by atoms with Gasteiger partial charge in [-0.05, 0) is 48.4 Å². The van der Waals surface area contributed by atoms with E-state index in [2.05, 4.69) is 10.0 Å². The van der Waals surface area contributed by atoms with Gasteiger partial charge in [0.05, 0.1) is 7.11 Å². The number of carbonyl (C=O) groups is 1. The molecule has 0 aromatic heterocycles. The number of methoxy groups -OCH3 is 1. The molecule has 2 N–H and O–H groups in total. The summed E-state index contributed by atoms with van der Waals surface area (Å²) in [5.41, 5.74) is 2.84. The number of nitrogens with zero attached hydrogens (tertiary/aromatic N) is 1. The lowest BCUT2D eigenvalue weighted by atomic mass is 10.1. The van der Waals surface area contributed by atoms with Crippen LogP contribution in [0.5, 0.6) is 5.75 Å². The molecule has 0 bridgehead atoms. The van der Waals surface area contributed by atoms with Crippen LogP contribution in [0.4, 0.5) is 16.2 Å². The molecule has 0 atom stereocenters. The molecular formula is C17H19N3O4S. The van der Waals surface area contributed by atoms with E-state index in [1.165, 1.54) is 18.1 Å². The van der Waals surface area contributed by atoms with E-state index in [9.17, 15) is 13.2 Å². The standard InChI is InChI=1S/C17H19N3O4S/c1-11-4-7-16(15(8-11)24-3)25(22,23)19-13-5-6-14-12(9-13)10-20(2)17(21)18-14/h4-9,19H,10H2,1-3H3,(H,18,21). The summed E-state index contributed by atoms with van der Waals surface area (Å²) >= 11 is 0. The highest BCUT2D eigenvalue weighted by molar-refractivity contribution is 7.92. The summed E-state index contributed by atoms with van der Waals surface area (Å²) in [4.78, 5) is 13.2. The number of nitrogens with one attached hydrogen (secondary N) is 2. The molecule has 2 aromatic rings. The van der Waals surface area contributed by atoms with E-state index in [0.717, 1.165) is 11.1 Å². The summed E-state index contributed by atoms with van der Waals surface area (Å²) in [5, 5.41) is 2.75. The first-order chi connectivity index (χ1) is 11.8. The number of fused-ring (bicyclic) bond motifs is 1. The average molecular weight is 361 g/mol. The van der Waals surface area contributed by atoms with Crippen LogP contribution in [0.25, 0.3) is 0 Å². The fraction of sp³-hybridized carbons (Fsp3) is 0.235. The number of carbonyl (C=O) groups excluding carboxylic acids is 1. The Bertz CT molecular complexity index is 941. The molecule has 0 fully saturated rings. The molecule has 3 rings (SSSR count). The molecule has 0 spiro atoms. The molecule has 2 amide bonds. The normalized spacial score (nSPS) is 13.9. The zero-order valence-corrected chi connectivity index (χ0v) is 15.0. The number of anilines is 2. The lowest BCUT2D eigenvalue weighted by Gasteiger charge is -2.26. The molecule has 7 nitrogen and oxygen atoms in total. The molecule has 1 aliphatic heterocycles. The zero-order valence-electron chi connectivity index (χ0n) is 14.2. The lowest BCUT2D eigenvalue weighted by Crippen LogP contribution is -2.35. The predicted molar refractivity (Wildman–Crippen MR) is 95.5 cm³/mol. The van der Waals surface area contributed by atoms with Crippen molar-refractivity contribution in [2.24, 2.45) is 0 Å². The van der Waals surface area contributed by atoms with Crippen molar-refractivity contribution in [2.45, 2.75) is 18.4 Å². The average Bonchev–Trinajstić information content (AvgIpc) is 2.55. The van der Waals surface area contributed by atoms with Gasteiger partial charge in [-0.2, -0.15) is 0 Å². The van der Waals surface area contributed by atoms with E-state index < -0.39 is 10.0 Å². The summed E-state index contributed by atoms with van der Waals surface area (Å²) in [6.07, 6.45) is 0. The van der Waals surface area contributed by atoms with Crippen molar-refractivity contribution < 1.29 is 17.9 Å². The minimum atomic E-state index is -3.80. The smallest absolute Gasteiger partial charge is 0.321 e. The molecule has 2 aromatic carbocycles. The molecule has 0 radical (unpaired) electrons. The first-order valence-corrected chi connectivity index (χ1v) is 9.11. The Labute approximate surface area is 146 Å². The van der Waals surface area contributed by atoms with Gasteiger partial charge in [0.2, 0.25) is 0 Å². The third-order valence-corrected chi connectivity index (χ3v) is 5.38. The highest BCUT2D eigenvalue weighted by Crippen LogP contribution is 2.29. The van der Waals surface area contributed by atoms with Crippen molar-refractivity contribution in [2.75, 3.05) is 24.2 Å². The van der Waals surface area contributed by atoms with Gasteiger partial charge in [-0.3, -0.25) is 4.72 Å². The summed E-state index contributed by atoms with van der Waals surface area (Å²) in [7, 11) is -0.691. The second-order valence-electron chi connectivity index (χ2n) is 5.92. The third kappa shape index (κ3) is 3.39. The molecule has 8 heteroatoms. The van der Waals surface area contributed by atoms with Crippen molar-refractivity contribution in [1.82, 2.24) is 4.90 Å². The Hall–Kier alpha value is -2.74. The topological polar surface area (TPSA) is 87.7 Å². The molecule has 25 heavy (non-hydrogen) atoms. The minimum Gasteiger partial charge on any atom is -0.495 e. The highest BCUT2D eigenvalue weighted by atomic mass is 32.2. The fourth-order valence-electron chi connectivity index (χ4n) is 2.65. The molecule has 0 saturated heterocycles. The largest absolute Gasteiger partial charge is 0.495 e. The van der Waals surface area contributed by atoms with E-state index in [0.29, 0.717) is 17.9 Å². The fourth-order valence-corrected chi connectivity index (χ4v) is 3.86. The van der Waals surface area contributed by atoms with Crippen LogP contribution in [-0.2, 0) is 16.6 Å². The Morgan fingerprint density at radius 1 is 1.20 bits per heavy atom. The predicted octanol–water partition coefficient (Wildman–Crippen LogP) is 2.78. The molecule has 0 unspecified atom stereocenters. The maximum atomic E-state index is 12.7. The number of hydrogen-bond acceptors (Lipinski definition) is 4. The van der Waals surface area contributed by atoms with Gasteiger partial charge in [-0.15, -0.1) is 0 Å². The minimum absolute atomic E-state index is 0.0729. The van der Waals surface area contributed by atoms with Crippen molar-refractivity contribution in [3.05, 3.63) is 47.5 Å². The zero-order chi connectivity index (χ0) is 18.2. The van der Waals surface area contributed by atoms with Crippen LogP contribution in [-0.4, -0.2) is 33.5 Å². The highest BCUT2D eigenvalue weighted by Gasteiger charge is 2.22. The summed E-state index contributed by atoms with van der Waals surface area (Å²) in [5.74, 6) is 0.289. The summed E-state index contributed by atoms with van der Waals surface area (Å²) < 4.78 is 33.2. The third-order valence-electron chi connectivity index (χ3n) is 3.96. The first kappa shape index (κ1) is 17.1. The Kier molecular flexibility index (Phi) is 4.30. The number of hydrogen-bond donors (Lipinski definition) is 2. The second-order valence-corrected chi connectivity index (χ2v) is 7.57. The van der Waals surface area contributed by atoms with Gasteiger partial charge in [-0.25, -0.2) is 13.2 Å². The Morgan fingerprint density at radius 3 is 2.68 bits per heavy atom. The van der Waals surface area contributed by atoms with Crippen LogP contribution in [0.15, 0.2) is 41.3 Å². The number of aryl methyl sites for hydroxylation is 1. The summed E-state index contributed by atoms with van der Waals surface area (Å²) in [6.45, 7) is 2.27. The van der Waals surface area contributed by atoms with E-state index in [-0.39, 0.29) is 16.7 Å². The van der Waals surface area contributed by atoms with Gasteiger partial charge < -0.3 is 15.0 Å². The van der Waals surface area contributed by atoms with E-state index in [4.69, 9.17) is 4.74 Å². The van der Waals surface area contributed by atoms with Crippen LogP contribution < -0.4 is 14.8 Å². The maximum Gasteiger partial charge on any atom is 0.321 e. The summed E-state index contributed by atoms with van der Waals surface area (Å²) in [6, 6.07) is 9.73. The Morgan fingerprint density at radius 2 is 1.96 bits per heavy atom. The lowest BCUT2D eigenvalue weighted by molar-refractivity contribution is 0.218. The molecule has 132 valence electrons. The maximum absolute atomic E-state index is 12.7. The SMILES string of the molecule is COc1cc(C)ccc1S(=O)(=O)Nc1ccc2c(c1)CN(C)C(=O)N2. The van der Waals surface area contributed by atoms with Crippen molar-refractivity contribution in [1.29, 1.82) is 0 Å². The Balaban J connectivity index is 1.92. The van der Waals surface area contributed by atoms with Gasteiger partial charge in [-0.1, -0.05) is 6.07 Å². The van der Waals surface area contributed by atoms with E-state index in [1.54, 1.807) is 37.4 Å². The van der Waals surface area contributed by atoms with Crippen LogP contribution >= 0.6 is 0 Å². The van der Waals surface area contributed by atoms with Crippen LogP contribution in [0.2, 0.25) is 0 Å². The van der Waals surface area contributed by atoms with Gasteiger partial charge in [0.25, 0.3) is 10.0 Å². The first-order valence-electron chi connectivity index (χ1n) is 7.62. The van der Waals surface area contributed by atoms with Crippen molar-refractivity contribution in [3.63, 3.8) is 0 Å². The van der Waals surface area contributed by atoms with Gasteiger partial charge in [0.1, 0.15) is 10.6 Å². The number of rotatable bonds is 4. The van der Waals surface area contributed by atoms with E-state index >= 15 is 0 Å². The molecule has 0 aliphatic carbocycles. The monoisotopic (exact) mass is 361 g/mol.